The van der Waals surface area contributed by atoms with Crippen LogP contribution in [0.25, 0.3) is 0 Å². The Balaban J connectivity index is 2.32. The standard InChI is InChI=1S/C19H22BrO2P/c1-19(2,3)23(20,17-11-7-13-21-17,18-12-8-14-22-18)15-16-9-5-4-6-10-16/h4-14H,15H2,1-3H3. The van der Waals surface area contributed by atoms with Crippen molar-refractivity contribution in [2.75, 3.05) is 0 Å². The molecule has 0 aliphatic carbocycles. The van der Waals surface area contributed by atoms with E-state index in [-0.39, 0.29) is 5.16 Å². The van der Waals surface area contributed by atoms with Crippen LogP contribution < -0.4 is 11.0 Å². The molecule has 3 rings (SSSR count). The molecule has 0 radical (unpaired) electrons. The van der Waals surface area contributed by atoms with Gasteiger partial charge in [0.05, 0.1) is 0 Å². The van der Waals surface area contributed by atoms with E-state index >= 15 is 0 Å². The Bertz CT molecular complexity index is 721. The summed E-state index contributed by atoms with van der Waals surface area (Å²) in [6.45, 7) is 6.77. The van der Waals surface area contributed by atoms with Gasteiger partial charge in [-0.25, -0.2) is 0 Å². The van der Waals surface area contributed by atoms with Crippen LogP contribution in [0.1, 0.15) is 26.3 Å². The quantitative estimate of drug-likeness (QED) is 0.533. The fourth-order valence-electron chi connectivity index (χ4n) is 3.16. The van der Waals surface area contributed by atoms with E-state index in [1.165, 1.54) is 5.56 Å². The molecule has 0 bridgehead atoms. The molecule has 0 unspecified atom stereocenters. The zero-order chi connectivity index (χ0) is 16.6. The van der Waals surface area contributed by atoms with Crippen LogP contribution in [0.5, 0.6) is 0 Å². The van der Waals surface area contributed by atoms with E-state index in [2.05, 4.69) is 72.7 Å². The summed E-state index contributed by atoms with van der Waals surface area (Å²) in [4.78, 5) is 0. The van der Waals surface area contributed by atoms with E-state index in [9.17, 15) is 0 Å². The average molecular weight is 393 g/mol. The number of hydrogen-bond donors (Lipinski definition) is 0. The van der Waals surface area contributed by atoms with Crippen molar-refractivity contribution in [1.82, 2.24) is 0 Å². The molecule has 0 atom stereocenters. The van der Waals surface area contributed by atoms with Crippen molar-refractivity contribution in [3.8, 4) is 0 Å². The second kappa shape index (κ2) is 5.65. The fourth-order valence-corrected chi connectivity index (χ4v) is 9.82. The Morgan fingerprint density at radius 2 is 1.35 bits per heavy atom. The molecule has 23 heavy (non-hydrogen) atoms. The van der Waals surface area contributed by atoms with Crippen LogP contribution in [0.3, 0.4) is 0 Å². The Labute approximate surface area is 145 Å². The molecule has 0 fully saturated rings. The van der Waals surface area contributed by atoms with Crippen LogP contribution in [0, 0.1) is 0 Å². The van der Waals surface area contributed by atoms with Gasteiger partial charge < -0.3 is 0 Å². The van der Waals surface area contributed by atoms with Crippen LogP contribution >= 0.6 is 20.8 Å². The van der Waals surface area contributed by atoms with Crippen LogP contribution in [0.4, 0.5) is 0 Å². The minimum atomic E-state index is -2.91. The monoisotopic (exact) mass is 392 g/mol. The minimum absolute atomic E-state index is 0.0862. The first-order chi connectivity index (χ1) is 10.9. The summed E-state index contributed by atoms with van der Waals surface area (Å²) in [5.74, 6) is 0. The van der Waals surface area contributed by atoms with Gasteiger partial charge in [-0.3, -0.25) is 0 Å². The maximum atomic E-state index is 5.98. The SMILES string of the molecule is CC(C)(C)P(Br)(Cc1ccccc1)(c1ccco1)c1ccco1. The molecule has 0 N–H and O–H groups in total. The fraction of sp³-hybridized carbons (Fsp3) is 0.263. The van der Waals surface area contributed by atoms with E-state index in [0.717, 1.165) is 17.2 Å². The van der Waals surface area contributed by atoms with Crippen molar-refractivity contribution < 1.29 is 8.83 Å². The second-order valence-corrected chi connectivity index (χ2v) is 16.5. The number of hydrogen-bond acceptors (Lipinski definition) is 2. The van der Waals surface area contributed by atoms with Gasteiger partial charge in [0.1, 0.15) is 0 Å². The van der Waals surface area contributed by atoms with Gasteiger partial charge in [-0.2, -0.15) is 0 Å². The van der Waals surface area contributed by atoms with E-state index in [0.29, 0.717) is 0 Å². The van der Waals surface area contributed by atoms with Crippen molar-refractivity contribution in [3.05, 3.63) is 72.7 Å². The van der Waals surface area contributed by atoms with E-state index in [1.807, 2.05) is 18.2 Å². The molecule has 0 aliphatic rings. The van der Waals surface area contributed by atoms with Gasteiger partial charge in [0.25, 0.3) is 0 Å². The van der Waals surface area contributed by atoms with Gasteiger partial charge >= 0.3 is 145 Å². The number of furan rings is 2. The molecule has 0 spiro atoms. The number of benzene rings is 1. The van der Waals surface area contributed by atoms with Gasteiger partial charge in [0.2, 0.25) is 0 Å². The normalized spacial score (nSPS) is 14.3. The van der Waals surface area contributed by atoms with Gasteiger partial charge in [-0.05, 0) is 0 Å². The van der Waals surface area contributed by atoms with E-state index in [1.54, 1.807) is 12.5 Å². The third kappa shape index (κ3) is 2.42. The third-order valence-electron chi connectivity index (χ3n) is 4.65. The van der Waals surface area contributed by atoms with Crippen LogP contribution in [0.15, 0.2) is 76.0 Å². The summed E-state index contributed by atoms with van der Waals surface area (Å²) in [5, 5.41) is -3.00. The Kier molecular flexibility index (Phi) is 4.06. The first kappa shape index (κ1) is 16.5. The molecule has 0 saturated heterocycles. The van der Waals surface area contributed by atoms with E-state index in [4.69, 9.17) is 8.83 Å². The molecule has 0 aliphatic heterocycles. The molecular weight excluding hydrogens is 371 g/mol. The molecule has 2 heterocycles. The van der Waals surface area contributed by atoms with Crippen LogP contribution in [0.2, 0.25) is 0 Å². The zero-order valence-electron chi connectivity index (χ0n) is 13.7. The topological polar surface area (TPSA) is 26.3 Å². The first-order valence-electron chi connectivity index (χ1n) is 7.71. The van der Waals surface area contributed by atoms with Gasteiger partial charge in [0, 0.05) is 0 Å². The summed E-state index contributed by atoms with van der Waals surface area (Å²) in [6.07, 6.45) is 4.34. The molecule has 0 amide bonds. The van der Waals surface area contributed by atoms with Crippen molar-refractivity contribution >= 4 is 31.8 Å². The molecule has 2 nitrogen and oxygen atoms in total. The molecule has 0 saturated carbocycles. The number of halogens is 1. The molecule has 122 valence electrons. The van der Waals surface area contributed by atoms with Gasteiger partial charge in [-0.15, -0.1) is 0 Å². The van der Waals surface area contributed by atoms with E-state index < -0.39 is 5.31 Å². The maximum absolute atomic E-state index is 5.98. The predicted molar refractivity (Wildman–Crippen MR) is 102 cm³/mol. The molecule has 1 aromatic carbocycles. The third-order valence-corrected chi connectivity index (χ3v) is 16.8. The predicted octanol–water partition coefficient (Wildman–Crippen LogP) is 5.69. The average Bonchev–Trinajstić information content (AvgIpc) is 3.21. The zero-order valence-corrected chi connectivity index (χ0v) is 16.2. The van der Waals surface area contributed by atoms with Gasteiger partial charge in [0.15, 0.2) is 0 Å². The van der Waals surface area contributed by atoms with Gasteiger partial charge in [-0.1, -0.05) is 0 Å². The summed E-state index contributed by atoms with van der Waals surface area (Å²) in [6, 6.07) is 18.6. The summed E-state index contributed by atoms with van der Waals surface area (Å²) >= 11 is 4.27. The summed E-state index contributed by atoms with van der Waals surface area (Å²) in [7, 11) is 0. The first-order valence-corrected chi connectivity index (χ1v) is 12.2. The van der Waals surface area contributed by atoms with Crippen molar-refractivity contribution in [2.24, 2.45) is 0 Å². The summed E-state index contributed by atoms with van der Waals surface area (Å²) < 4.78 is 12.0. The van der Waals surface area contributed by atoms with Crippen molar-refractivity contribution in [1.29, 1.82) is 0 Å². The van der Waals surface area contributed by atoms with Crippen LogP contribution in [-0.2, 0) is 6.16 Å². The summed E-state index contributed by atoms with van der Waals surface area (Å²) in [5.41, 5.74) is 3.22. The molecular formula is C19H22BrO2P. The Morgan fingerprint density at radius 3 is 1.74 bits per heavy atom. The number of rotatable bonds is 4. The molecule has 2 aromatic heterocycles. The van der Waals surface area contributed by atoms with Crippen molar-refractivity contribution in [3.63, 3.8) is 0 Å². The second-order valence-electron chi connectivity index (χ2n) is 6.90. The Hall–Kier alpha value is -1.31. The van der Waals surface area contributed by atoms with Crippen LogP contribution in [-0.4, -0.2) is 5.16 Å². The van der Waals surface area contributed by atoms with Crippen molar-refractivity contribution in [2.45, 2.75) is 32.1 Å². The molecule has 3 aromatic rings. The Morgan fingerprint density at radius 1 is 0.826 bits per heavy atom. The molecule has 4 heteroatoms.